The first-order valence-electron chi connectivity index (χ1n) is 5.01. The molecule has 1 aromatic heterocycles. The van der Waals surface area contributed by atoms with E-state index in [0.29, 0.717) is 5.88 Å². The maximum atomic E-state index is 5.59. The molecule has 2 nitrogen and oxygen atoms in total. The second-order valence-corrected chi connectivity index (χ2v) is 4.79. The van der Waals surface area contributed by atoms with Crippen molar-refractivity contribution in [2.45, 2.75) is 13.0 Å². The van der Waals surface area contributed by atoms with Crippen molar-refractivity contribution in [2.75, 3.05) is 12.4 Å². The highest BCUT2D eigenvalue weighted by Gasteiger charge is 2.01. The standard InChI is InChI=1S/C11H13ClN2S/c12-6-3-7-13-8-11-14-9-4-1-2-5-10(9)15-11/h1-2,4-5,13H,3,6-8H2. The molecule has 4 heteroatoms. The molecule has 0 aliphatic rings. The van der Waals surface area contributed by atoms with Gasteiger partial charge in [-0.3, -0.25) is 0 Å². The first-order chi connectivity index (χ1) is 7.40. The summed E-state index contributed by atoms with van der Waals surface area (Å²) >= 11 is 7.34. The minimum absolute atomic E-state index is 0.715. The summed E-state index contributed by atoms with van der Waals surface area (Å²) in [6.07, 6.45) is 1.01. The Morgan fingerprint density at radius 1 is 1.33 bits per heavy atom. The Hall–Kier alpha value is -0.640. The Labute approximate surface area is 98.3 Å². The first kappa shape index (κ1) is 10.9. The maximum absolute atomic E-state index is 5.59. The average Bonchev–Trinajstić information content (AvgIpc) is 2.67. The van der Waals surface area contributed by atoms with E-state index in [2.05, 4.69) is 16.4 Å². The van der Waals surface area contributed by atoms with Gasteiger partial charge in [0.2, 0.25) is 0 Å². The van der Waals surface area contributed by atoms with Crippen LogP contribution in [0, 0.1) is 0 Å². The van der Waals surface area contributed by atoms with Crippen LogP contribution < -0.4 is 5.32 Å². The summed E-state index contributed by atoms with van der Waals surface area (Å²) < 4.78 is 1.26. The molecule has 0 atom stereocenters. The smallest absolute Gasteiger partial charge is 0.108 e. The summed E-state index contributed by atoms with van der Waals surface area (Å²) in [4.78, 5) is 4.53. The van der Waals surface area contributed by atoms with E-state index in [9.17, 15) is 0 Å². The monoisotopic (exact) mass is 240 g/mol. The lowest BCUT2D eigenvalue weighted by atomic mass is 10.3. The van der Waals surface area contributed by atoms with E-state index < -0.39 is 0 Å². The van der Waals surface area contributed by atoms with Crippen molar-refractivity contribution in [1.29, 1.82) is 0 Å². The molecule has 1 aromatic carbocycles. The fourth-order valence-electron chi connectivity index (χ4n) is 1.38. The number of halogens is 1. The van der Waals surface area contributed by atoms with E-state index in [1.807, 2.05) is 18.2 Å². The lowest BCUT2D eigenvalue weighted by molar-refractivity contribution is 0.676. The van der Waals surface area contributed by atoms with Crippen LogP contribution in [-0.2, 0) is 6.54 Å². The number of nitrogens with zero attached hydrogens (tertiary/aromatic N) is 1. The number of nitrogens with one attached hydrogen (secondary N) is 1. The molecule has 0 aliphatic carbocycles. The van der Waals surface area contributed by atoms with Gasteiger partial charge < -0.3 is 5.32 Å². The average molecular weight is 241 g/mol. The summed E-state index contributed by atoms with van der Waals surface area (Å²) in [6.45, 7) is 1.80. The molecule has 0 aliphatic heterocycles. The van der Waals surface area contributed by atoms with Gasteiger partial charge in [0, 0.05) is 12.4 Å². The van der Waals surface area contributed by atoms with Gasteiger partial charge in [0.1, 0.15) is 5.01 Å². The number of hydrogen-bond donors (Lipinski definition) is 1. The van der Waals surface area contributed by atoms with Crippen LogP contribution in [0.2, 0.25) is 0 Å². The third-order valence-corrected chi connectivity index (χ3v) is 3.41. The second-order valence-electron chi connectivity index (χ2n) is 3.29. The van der Waals surface area contributed by atoms with Crippen LogP contribution in [0.3, 0.4) is 0 Å². The molecule has 0 radical (unpaired) electrons. The number of rotatable bonds is 5. The molecule has 1 N–H and O–H groups in total. The number of aromatic nitrogens is 1. The van der Waals surface area contributed by atoms with Crippen LogP contribution in [0.15, 0.2) is 24.3 Å². The lowest BCUT2D eigenvalue weighted by Crippen LogP contribution is -2.14. The molecule has 0 fully saturated rings. The largest absolute Gasteiger partial charge is 0.310 e. The molecule has 80 valence electrons. The topological polar surface area (TPSA) is 24.9 Å². The summed E-state index contributed by atoms with van der Waals surface area (Å²) in [5.74, 6) is 0.715. The van der Waals surface area contributed by atoms with Crippen LogP contribution in [0.25, 0.3) is 10.2 Å². The fraction of sp³-hybridized carbons (Fsp3) is 0.364. The predicted molar refractivity (Wildman–Crippen MR) is 66.7 cm³/mol. The lowest BCUT2D eigenvalue weighted by Gasteiger charge is -1.98. The molecule has 0 spiro atoms. The molecule has 2 rings (SSSR count). The van der Waals surface area contributed by atoms with Crippen molar-refractivity contribution < 1.29 is 0 Å². The van der Waals surface area contributed by atoms with E-state index in [-0.39, 0.29) is 0 Å². The van der Waals surface area contributed by atoms with Gasteiger partial charge in [0.15, 0.2) is 0 Å². The van der Waals surface area contributed by atoms with E-state index in [0.717, 1.165) is 30.0 Å². The third-order valence-electron chi connectivity index (χ3n) is 2.10. The molecule has 0 amide bonds. The summed E-state index contributed by atoms with van der Waals surface area (Å²) in [7, 11) is 0. The van der Waals surface area contributed by atoms with E-state index >= 15 is 0 Å². The molecule has 0 unspecified atom stereocenters. The zero-order valence-electron chi connectivity index (χ0n) is 8.37. The minimum atomic E-state index is 0.715. The highest BCUT2D eigenvalue weighted by molar-refractivity contribution is 7.18. The van der Waals surface area contributed by atoms with Crippen molar-refractivity contribution >= 4 is 33.2 Å². The summed E-state index contributed by atoms with van der Waals surface area (Å²) in [5.41, 5.74) is 1.09. The molecule has 2 aromatic rings. The van der Waals surface area contributed by atoms with Crippen LogP contribution in [0.5, 0.6) is 0 Å². The van der Waals surface area contributed by atoms with Gasteiger partial charge in [-0.1, -0.05) is 12.1 Å². The molecular formula is C11H13ClN2S. The Kier molecular flexibility index (Phi) is 3.94. The maximum Gasteiger partial charge on any atom is 0.108 e. The zero-order chi connectivity index (χ0) is 10.5. The van der Waals surface area contributed by atoms with E-state index in [1.165, 1.54) is 4.70 Å². The molecule has 0 saturated heterocycles. The zero-order valence-corrected chi connectivity index (χ0v) is 9.94. The summed E-state index contributed by atoms with van der Waals surface area (Å²) in [6, 6.07) is 8.22. The molecule has 1 heterocycles. The van der Waals surface area contributed by atoms with Gasteiger partial charge in [-0.25, -0.2) is 4.98 Å². The number of hydrogen-bond acceptors (Lipinski definition) is 3. The second kappa shape index (κ2) is 5.45. The number of fused-ring (bicyclic) bond motifs is 1. The van der Waals surface area contributed by atoms with Crippen molar-refractivity contribution in [1.82, 2.24) is 10.3 Å². The van der Waals surface area contributed by atoms with Crippen molar-refractivity contribution in [3.05, 3.63) is 29.3 Å². The number of thiazole rings is 1. The predicted octanol–water partition coefficient (Wildman–Crippen LogP) is 3.01. The van der Waals surface area contributed by atoms with Gasteiger partial charge in [-0.05, 0) is 25.1 Å². The van der Waals surface area contributed by atoms with Gasteiger partial charge >= 0.3 is 0 Å². The number of alkyl halides is 1. The number of benzene rings is 1. The van der Waals surface area contributed by atoms with Crippen LogP contribution in [0.1, 0.15) is 11.4 Å². The van der Waals surface area contributed by atoms with E-state index in [1.54, 1.807) is 11.3 Å². The van der Waals surface area contributed by atoms with Crippen LogP contribution in [-0.4, -0.2) is 17.4 Å². The van der Waals surface area contributed by atoms with Crippen LogP contribution >= 0.6 is 22.9 Å². The normalized spacial score (nSPS) is 11.0. The number of para-hydroxylation sites is 1. The van der Waals surface area contributed by atoms with Gasteiger partial charge in [0.25, 0.3) is 0 Å². The SMILES string of the molecule is ClCCCNCc1nc2ccccc2s1. The molecule has 0 bridgehead atoms. The van der Waals surface area contributed by atoms with Gasteiger partial charge in [-0.2, -0.15) is 0 Å². The minimum Gasteiger partial charge on any atom is -0.310 e. The molecule has 0 saturated carbocycles. The Morgan fingerprint density at radius 2 is 2.20 bits per heavy atom. The molecule has 15 heavy (non-hydrogen) atoms. The first-order valence-corrected chi connectivity index (χ1v) is 6.36. The van der Waals surface area contributed by atoms with Gasteiger partial charge in [-0.15, -0.1) is 22.9 Å². The summed E-state index contributed by atoms with van der Waals surface area (Å²) in [5, 5.41) is 4.47. The Bertz CT molecular complexity index is 394. The highest BCUT2D eigenvalue weighted by atomic mass is 35.5. The van der Waals surface area contributed by atoms with Crippen molar-refractivity contribution in [2.24, 2.45) is 0 Å². The van der Waals surface area contributed by atoms with Crippen molar-refractivity contribution in [3.8, 4) is 0 Å². The van der Waals surface area contributed by atoms with E-state index in [4.69, 9.17) is 11.6 Å². The quantitative estimate of drug-likeness (QED) is 0.642. The Morgan fingerprint density at radius 3 is 3.00 bits per heavy atom. The Balaban J connectivity index is 1.97. The molecular weight excluding hydrogens is 228 g/mol. The van der Waals surface area contributed by atoms with Crippen molar-refractivity contribution in [3.63, 3.8) is 0 Å². The van der Waals surface area contributed by atoms with Crippen LogP contribution in [0.4, 0.5) is 0 Å². The highest BCUT2D eigenvalue weighted by Crippen LogP contribution is 2.21. The fourth-order valence-corrected chi connectivity index (χ4v) is 2.45. The third kappa shape index (κ3) is 2.91. The van der Waals surface area contributed by atoms with Gasteiger partial charge in [0.05, 0.1) is 10.2 Å².